The topological polar surface area (TPSA) is 222 Å². The summed E-state index contributed by atoms with van der Waals surface area (Å²) in [5.74, 6) is -0.787. The van der Waals surface area contributed by atoms with Crippen molar-refractivity contribution in [1.82, 2.24) is 0 Å². The number of benzene rings is 4. The Labute approximate surface area is 280 Å². The maximum absolute atomic E-state index is 12.4. The number of hydrogen-bond acceptors (Lipinski definition) is 9. The van der Waals surface area contributed by atoms with Gasteiger partial charge in [-0.2, -0.15) is 0 Å². The van der Waals surface area contributed by atoms with E-state index in [4.69, 9.17) is 15.0 Å². The number of anilines is 3. The minimum Gasteiger partial charge on any atom is -0.480 e. The van der Waals surface area contributed by atoms with Gasteiger partial charge in [-0.15, -0.1) is 24.0 Å². The largest absolute Gasteiger partial charge is 0.480 e. The number of carbonyl (C=O) groups is 4. The fourth-order valence-corrected chi connectivity index (χ4v) is 4.74. The van der Waals surface area contributed by atoms with Crippen molar-refractivity contribution in [2.45, 2.75) is 6.42 Å². The van der Waals surface area contributed by atoms with E-state index < -0.39 is 5.97 Å². The highest BCUT2D eigenvalue weighted by Gasteiger charge is 2.34. The first-order chi connectivity index (χ1) is 20.9. The highest BCUT2D eigenvalue weighted by atomic mass is 127. The van der Waals surface area contributed by atoms with Gasteiger partial charge in [-0.25, -0.2) is 0 Å². The van der Waals surface area contributed by atoms with E-state index in [1.165, 1.54) is 0 Å². The molecular formula is C33H32IN3O9. The van der Waals surface area contributed by atoms with Crippen LogP contribution in [0.1, 0.15) is 36.6 Å². The first-order valence-corrected chi connectivity index (χ1v) is 13.2. The number of halogens is 1. The Balaban J connectivity index is 0.000000351. The van der Waals surface area contributed by atoms with Crippen LogP contribution in [0.25, 0.3) is 0 Å². The second kappa shape index (κ2) is 18.5. The van der Waals surface area contributed by atoms with Crippen LogP contribution in [0.15, 0.2) is 114 Å². The number of fused-ring (bicyclic) bond motifs is 3. The van der Waals surface area contributed by atoms with Crippen LogP contribution in [0.3, 0.4) is 0 Å². The van der Waals surface area contributed by atoms with Crippen molar-refractivity contribution in [3.63, 3.8) is 0 Å². The van der Waals surface area contributed by atoms with E-state index in [9.17, 15) is 19.2 Å². The average molecular weight is 742 g/mol. The van der Waals surface area contributed by atoms with Crippen molar-refractivity contribution >= 4 is 64.4 Å². The zero-order chi connectivity index (χ0) is 30.8. The van der Waals surface area contributed by atoms with Crippen LogP contribution in [0.2, 0.25) is 0 Å². The molecule has 0 atom stereocenters. The molecule has 46 heavy (non-hydrogen) atoms. The van der Waals surface area contributed by atoms with Crippen LogP contribution in [0.4, 0.5) is 17.1 Å². The molecule has 4 aromatic carbocycles. The number of rotatable bonds is 3. The Morgan fingerprint density at radius 2 is 1.24 bits per heavy atom. The smallest absolute Gasteiger partial charge is 0.322 e. The summed E-state index contributed by atoms with van der Waals surface area (Å²) in [6.45, 7) is 0.420. The SMILES string of the molecule is I.O.O.O=C(O)CNc1ccccc1.O=C1/C(=C2\Nc3ccccc3C2=O)Cc2ccccc21.O=C1CNc2ccccc21.O=O. The van der Waals surface area contributed by atoms with Gasteiger partial charge in [0.2, 0.25) is 5.78 Å². The number of carboxylic acid groups (broad SMARTS) is 1. The van der Waals surface area contributed by atoms with Gasteiger partial charge in [0.05, 0.1) is 12.2 Å². The van der Waals surface area contributed by atoms with Crippen LogP contribution in [-0.2, 0) is 11.2 Å². The van der Waals surface area contributed by atoms with Crippen LogP contribution in [-0.4, -0.2) is 52.5 Å². The number of Topliss-reactive ketones (excluding diaryl/α,β-unsaturated/α-hetero) is 3. The fourth-order valence-electron chi connectivity index (χ4n) is 4.74. The molecule has 7 rings (SSSR count). The molecule has 0 radical (unpaired) electrons. The molecular weight excluding hydrogens is 709 g/mol. The van der Waals surface area contributed by atoms with E-state index in [0.717, 1.165) is 28.2 Å². The van der Waals surface area contributed by atoms with E-state index in [-0.39, 0.29) is 58.8 Å². The molecule has 0 saturated carbocycles. The normalized spacial score (nSPS) is 14.0. The lowest BCUT2D eigenvalue weighted by molar-refractivity contribution is -0.134. The molecule has 0 fully saturated rings. The fraction of sp³-hybridized carbons (Fsp3) is 0.0909. The van der Waals surface area contributed by atoms with Gasteiger partial charge < -0.3 is 32.0 Å². The van der Waals surface area contributed by atoms with Gasteiger partial charge in [0.25, 0.3) is 0 Å². The monoisotopic (exact) mass is 741 g/mol. The van der Waals surface area contributed by atoms with Gasteiger partial charge in [-0.3, -0.25) is 19.2 Å². The van der Waals surface area contributed by atoms with E-state index in [0.29, 0.717) is 35.4 Å². The number of carboxylic acids is 1. The molecule has 3 aliphatic rings. The van der Waals surface area contributed by atoms with Gasteiger partial charge in [0, 0.05) is 55.7 Å². The minimum atomic E-state index is -0.853. The average Bonchev–Trinajstić information content (AvgIpc) is 3.71. The van der Waals surface area contributed by atoms with Crippen molar-refractivity contribution < 1.29 is 35.2 Å². The van der Waals surface area contributed by atoms with Gasteiger partial charge in [-0.05, 0) is 42.0 Å². The number of allylic oxidation sites excluding steroid dienone is 2. The summed E-state index contributed by atoms with van der Waals surface area (Å²) in [5, 5.41) is 17.2. The third kappa shape index (κ3) is 9.13. The van der Waals surface area contributed by atoms with Crippen LogP contribution < -0.4 is 16.0 Å². The summed E-state index contributed by atoms with van der Waals surface area (Å²) in [4.78, 5) is 60.0. The van der Waals surface area contributed by atoms with Gasteiger partial charge in [0.15, 0.2) is 11.6 Å². The molecule has 4 aromatic rings. The van der Waals surface area contributed by atoms with Gasteiger partial charge in [0.1, 0.15) is 6.54 Å². The van der Waals surface area contributed by atoms with Crippen molar-refractivity contribution in [3.8, 4) is 0 Å². The number of hydrogen-bond donors (Lipinski definition) is 4. The minimum absolute atomic E-state index is 0. The zero-order valence-electron chi connectivity index (χ0n) is 24.2. The molecule has 0 unspecified atom stereocenters. The third-order valence-corrected chi connectivity index (χ3v) is 6.75. The van der Waals surface area contributed by atoms with E-state index in [1.807, 2.05) is 97.1 Å². The standard InChI is InChI=1S/C17H11NO2.C8H9NO2.C8H7NO.HI.O2.2H2O/c19-16-11-6-2-1-5-10(11)9-13(16)15-17(20)12-7-3-4-8-14(12)18-15;10-8(11)6-9-7-4-2-1-3-5-7;10-8-5-9-7-4-2-1-3-6(7)8;;1-2;;/h1-8,18H,9H2;1-5,9H,6H2,(H,10,11);1-4,9H,5H2;1H;;2*1H2/b15-13-;;;;;;. The summed E-state index contributed by atoms with van der Waals surface area (Å²) in [7, 11) is 0. The molecule has 240 valence electrons. The maximum atomic E-state index is 12.4. The van der Waals surface area contributed by atoms with Crippen LogP contribution in [0.5, 0.6) is 0 Å². The van der Waals surface area contributed by atoms with Crippen molar-refractivity contribution in [3.05, 3.63) is 147 Å². The highest BCUT2D eigenvalue weighted by molar-refractivity contribution is 14.0. The van der Waals surface area contributed by atoms with Crippen LogP contribution in [0, 0.1) is 9.93 Å². The Kier molecular flexibility index (Phi) is 15.6. The highest BCUT2D eigenvalue weighted by Crippen LogP contribution is 2.34. The summed E-state index contributed by atoms with van der Waals surface area (Å²) >= 11 is 0. The molecule has 0 bridgehead atoms. The lowest BCUT2D eigenvalue weighted by atomic mass is 10.1. The Morgan fingerprint density at radius 1 is 0.696 bits per heavy atom. The maximum Gasteiger partial charge on any atom is 0.322 e. The molecule has 0 amide bonds. The molecule has 2 aliphatic heterocycles. The molecule has 0 aromatic heterocycles. The molecule has 2 heterocycles. The first-order valence-electron chi connectivity index (χ1n) is 13.2. The lowest BCUT2D eigenvalue weighted by Gasteiger charge is -2.02. The summed E-state index contributed by atoms with van der Waals surface area (Å²) in [5.41, 5.74) is 6.75. The second-order valence-electron chi connectivity index (χ2n) is 9.45. The zero-order valence-corrected chi connectivity index (χ0v) is 26.6. The van der Waals surface area contributed by atoms with Crippen molar-refractivity contribution in [1.29, 1.82) is 0 Å². The Bertz CT molecular complexity index is 1640. The molecule has 13 heteroatoms. The van der Waals surface area contributed by atoms with E-state index >= 15 is 0 Å². The summed E-state index contributed by atoms with van der Waals surface area (Å²) in [6, 6.07) is 31.7. The molecule has 8 N–H and O–H groups in total. The first kappa shape index (κ1) is 38.8. The Morgan fingerprint density at radius 3 is 1.83 bits per heavy atom. The molecule has 0 spiro atoms. The van der Waals surface area contributed by atoms with Gasteiger partial charge in [-0.1, -0.05) is 66.7 Å². The second-order valence-corrected chi connectivity index (χ2v) is 9.45. The number of carbonyl (C=O) groups excluding carboxylic acids is 3. The number of ketones is 3. The van der Waals surface area contributed by atoms with Crippen LogP contribution >= 0.6 is 24.0 Å². The molecule has 1 aliphatic carbocycles. The predicted octanol–water partition coefficient (Wildman–Crippen LogP) is 4.50. The number of para-hydroxylation sites is 3. The van der Waals surface area contributed by atoms with E-state index in [2.05, 4.69) is 16.0 Å². The summed E-state index contributed by atoms with van der Waals surface area (Å²) < 4.78 is 0. The van der Waals surface area contributed by atoms with E-state index in [1.54, 1.807) is 6.07 Å². The number of nitrogens with one attached hydrogen (secondary N) is 3. The third-order valence-electron chi connectivity index (χ3n) is 6.75. The molecule has 0 saturated heterocycles. The quantitative estimate of drug-likeness (QED) is 0.170. The van der Waals surface area contributed by atoms with Crippen molar-refractivity contribution in [2.75, 3.05) is 29.0 Å². The predicted molar refractivity (Wildman–Crippen MR) is 187 cm³/mol. The van der Waals surface area contributed by atoms with Crippen molar-refractivity contribution in [2.24, 2.45) is 0 Å². The lowest BCUT2D eigenvalue weighted by Crippen LogP contribution is -2.11. The van der Waals surface area contributed by atoms with Gasteiger partial charge >= 0.3 is 5.97 Å². The summed E-state index contributed by atoms with van der Waals surface area (Å²) in [6.07, 6.45) is 0.525. The molecule has 12 nitrogen and oxygen atoms in total. The number of aliphatic carboxylic acids is 1. The Hall–Kier alpha value is -5.25.